The van der Waals surface area contributed by atoms with Gasteiger partial charge in [-0.3, -0.25) is 9.59 Å². The van der Waals surface area contributed by atoms with Crippen molar-refractivity contribution in [1.29, 1.82) is 0 Å². The van der Waals surface area contributed by atoms with E-state index in [1.807, 2.05) is 13.8 Å². The van der Waals surface area contributed by atoms with Gasteiger partial charge in [-0.05, 0) is 57.2 Å². The summed E-state index contributed by atoms with van der Waals surface area (Å²) in [5, 5.41) is 10.0. The zero-order valence-electron chi connectivity index (χ0n) is 15.4. The van der Waals surface area contributed by atoms with E-state index in [9.17, 15) is 14.7 Å². The van der Waals surface area contributed by atoms with Crippen LogP contribution in [0.3, 0.4) is 0 Å². The number of hydrogen-bond donors (Lipinski definition) is 1. The molecule has 1 aromatic rings. The van der Waals surface area contributed by atoms with Gasteiger partial charge >= 0.3 is 11.9 Å². The van der Waals surface area contributed by atoms with Crippen LogP contribution in [-0.4, -0.2) is 35.4 Å². The number of carbonyl (C=O) groups is 2. The lowest BCUT2D eigenvalue weighted by atomic mass is 9.82. The van der Waals surface area contributed by atoms with Crippen molar-refractivity contribution < 1.29 is 28.9 Å². The molecule has 6 heteroatoms. The molecule has 2 rings (SSSR count). The van der Waals surface area contributed by atoms with Crippen molar-refractivity contribution in [2.45, 2.75) is 65.1 Å². The van der Waals surface area contributed by atoms with Gasteiger partial charge in [0.05, 0.1) is 6.61 Å². The number of hydrogen-bond acceptors (Lipinski definition) is 6. The smallest absolute Gasteiger partial charge is 0.303 e. The number of benzene rings is 1. The van der Waals surface area contributed by atoms with Gasteiger partial charge in [0, 0.05) is 19.4 Å². The topological polar surface area (TPSA) is 82.1 Å². The van der Waals surface area contributed by atoms with Crippen LogP contribution in [0.2, 0.25) is 0 Å². The van der Waals surface area contributed by atoms with Crippen LogP contribution >= 0.6 is 0 Å². The van der Waals surface area contributed by atoms with E-state index in [1.165, 1.54) is 13.8 Å². The van der Waals surface area contributed by atoms with E-state index >= 15 is 0 Å². The third-order valence-corrected chi connectivity index (χ3v) is 4.49. The largest absolute Gasteiger partial charge is 0.508 e. The van der Waals surface area contributed by atoms with Gasteiger partial charge in [-0.2, -0.15) is 0 Å². The molecule has 1 aliphatic rings. The van der Waals surface area contributed by atoms with Gasteiger partial charge in [-0.25, -0.2) is 0 Å². The fraction of sp³-hybridized carbons (Fsp3) is 0.579. The monoisotopic (exact) mass is 350 g/mol. The van der Waals surface area contributed by atoms with Crippen LogP contribution in [0.4, 0.5) is 0 Å². The highest BCUT2D eigenvalue weighted by atomic mass is 16.6. The molecular weight excluding hydrogens is 324 g/mol. The Morgan fingerprint density at radius 1 is 1.28 bits per heavy atom. The minimum atomic E-state index is -0.797. The molecule has 25 heavy (non-hydrogen) atoms. The minimum absolute atomic E-state index is 0.0226. The fourth-order valence-corrected chi connectivity index (χ4v) is 3.17. The Labute approximate surface area is 148 Å². The molecule has 0 unspecified atom stereocenters. The highest BCUT2D eigenvalue weighted by molar-refractivity contribution is 5.66. The van der Waals surface area contributed by atoms with Crippen LogP contribution in [0.5, 0.6) is 11.5 Å². The molecule has 1 aromatic carbocycles. The Morgan fingerprint density at radius 3 is 2.56 bits per heavy atom. The number of phenols is 1. The number of phenolic OH excluding ortho intramolecular Hbond substituents is 1. The number of rotatable bonds is 5. The predicted molar refractivity (Wildman–Crippen MR) is 91.7 cm³/mol. The zero-order valence-corrected chi connectivity index (χ0v) is 15.4. The molecule has 0 aliphatic carbocycles. The SMILES string of the molecule is CC(=O)OCC[C@H]1C[C@@H](C(C)(C)OC(C)=O)Oc2cc(C)c(O)cc21. The van der Waals surface area contributed by atoms with E-state index in [4.69, 9.17) is 14.2 Å². The first kappa shape index (κ1) is 19.1. The highest BCUT2D eigenvalue weighted by Crippen LogP contribution is 2.44. The molecule has 1 N–H and O–H groups in total. The van der Waals surface area contributed by atoms with E-state index in [0.29, 0.717) is 24.2 Å². The van der Waals surface area contributed by atoms with Crippen LogP contribution in [0.15, 0.2) is 12.1 Å². The normalized spacial score (nSPS) is 19.6. The van der Waals surface area contributed by atoms with Gasteiger partial charge in [0.25, 0.3) is 0 Å². The number of aryl methyl sites for hydroxylation is 1. The zero-order chi connectivity index (χ0) is 18.8. The number of esters is 2. The third-order valence-electron chi connectivity index (χ3n) is 4.49. The third kappa shape index (κ3) is 4.65. The molecule has 0 radical (unpaired) electrons. The van der Waals surface area contributed by atoms with E-state index in [0.717, 1.165) is 5.56 Å². The van der Waals surface area contributed by atoms with Crippen LogP contribution in [-0.2, 0) is 19.1 Å². The molecular formula is C19H26O6. The van der Waals surface area contributed by atoms with Gasteiger partial charge in [0.15, 0.2) is 0 Å². The summed E-state index contributed by atoms with van der Waals surface area (Å²) in [6.07, 6.45) is 0.859. The molecule has 2 atom stereocenters. The van der Waals surface area contributed by atoms with Gasteiger partial charge < -0.3 is 19.3 Å². The van der Waals surface area contributed by atoms with Gasteiger partial charge in [-0.1, -0.05) is 0 Å². The van der Waals surface area contributed by atoms with Gasteiger partial charge in [-0.15, -0.1) is 0 Å². The maximum absolute atomic E-state index is 11.4. The van der Waals surface area contributed by atoms with Crippen LogP contribution in [0.1, 0.15) is 57.6 Å². The number of carbonyl (C=O) groups excluding carboxylic acids is 2. The lowest BCUT2D eigenvalue weighted by Crippen LogP contribution is -2.46. The molecule has 0 saturated carbocycles. The van der Waals surface area contributed by atoms with E-state index in [2.05, 4.69) is 0 Å². The molecule has 0 saturated heterocycles. The molecule has 6 nitrogen and oxygen atoms in total. The summed E-state index contributed by atoms with van der Waals surface area (Å²) in [7, 11) is 0. The standard InChI is InChI=1S/C19H26O6/c1-11-8-17-15(10-16(11)22)14(6-7-23-12(2)20)9-18(24-17)19(4,5)25-13(3)21/h8,10,14,18,22H,6-7,9H2,1-5H3/t14-,18-/m0/s1. The number of fused-ring (bicyclic) bond motifs is 1. The number of aromatic hydroxyl groups is 1. The summed E-state index contributed by atoms with van der Waals surface area (Å²) < 4.78 is 16.6. The maximum Gasteiger partial charge on any atom is 0.303 e. The Bertz CT molecular complexity index is 664. The van der Waals surface area contributed by atoms with Crippen molar-refractivity contribution in [3.05, 3.63) is 23.3 Å². The van der Waals surface area contributed by atoms with Gasteiger partial charge in [0.2, 0.25) is 0 Å². The first-order chi connectivity index (χ1) is 11.6. The van der Waals surface area contributed by atoms with E-state index in [1.54, 1.807) is 19.1 Å². The van der Waals surface area contributed by atoms with Crippen molar-refractivity contribution in [3.8, 4) is 11.5 Å². The molecule has 0 amide bonds. The Morgan fingerprint density at radius 2 is 1.96 bits per heavy atom. The summed E-state index contributed by atoms with van der Waals surface area (Å²) in [5.74, 6) is 0.208. The van der Waals surface area contributed by atoms with Crippen molar-refractivity contribution in [2.75, 3.05) is 6.61 Å². The predicted octanol–water partition coefficient (Wildman–Crippen LogP) is 3.23. The van der Waals surface area contributed by atoms with Crippen molar-refractivity contribution in [2.24, 2.45) is 0 Å². The summed E-state index contributed by atoms with van der Waals surface area (Å²) in [5.41, 5.74) is 0.795. The van der Waals surface area contributed by atoms with E-state index < -0.39 is 5.60 Å². The van der Waals surface area contributed by atoms with Crippen molar-refractivity contribution in [1.82, 2.24) is 0 Å². The quantitative estimate of drug-likeness (QED) is 0.821. The first-order valence-corrected chi connectivity index (χ1v) is 8.43. The van der Waals surface area contributed by atoms with Crippen molar-refractivity contribution >= 4 is 11.9 Å². The van der Waals surface area contributed by atoms with E-state index in [-0.39, 0.29) is 36.3 Å². The number of ether oxygens (including phenoxy) is 3. The minimum Gasteiger partial charge on any atom is -0.508 e. The molecule has 0 spiro atoms. The lowest BCUT2D eigenvalue weighted by Gasteiger charge is -2.40. The molecule has 0 bridgehead atoms. The first-order valence-electron chi connectivity index (χ1n) is 8.43. The Hall–Kier alpha value is -2.24. The summed E-state index contributed by atoms with van der Waals surface area (Å²) >= 11 is 0. The van der Waals surface area contributed by atoms with Crippen molar-refractivity contribution in [3.63, 3.8) is 0 Å². The summed E-state index contributed by atoms with van der Waals surface area (Å²) in [6.45, 7) is 8.47. The molecule has 1 heterocycles. The lowest BCUT2D eigenvalue weighted by molar-refractivity contribution is -0.164. The van der Waals surface area contributed by atoms with Crippen LogP contribution in [0, 0.1) is 6.92 Å². The molecule has 1 aliphatic heterocycles. The van der Waals surface area contributed by atoms with Crippen LogP contribution in [0.25, 0.3) is 0 Å². The van der Waals surface area contributed by atoms with Gasteiger partial charge in [0.1, 0.15) is 23.2 Å². The fourth-order valence-electron chi connectivity index (χ4n) is 3.17. The second kappa shape index (κ2) is 7.33. The molecule has 0 fully saturated rings. The Kier molecular flexibility index (Phi) is 5.60. The average molecular weight is 350 g/mol. The summed E-state index contributed by atoms with van der Waals surface area (Å²) in [6, 6.07) is 3.50. The highest BCUT2D eigenvalue weighted by Gasteiger charge is 2.40. The Balaban J connectivity index is 2.29. The molecule has 0 aromatic heterocycles. The maximum atomic E-state index is 11.4. The molecule has 138 valence electrons. The van der Waals surface area contributed by atoms with Crippen LogP contribution < -0.4 is 4.74 Å². The summed E-state index contributed by atoms with van der Waals surface area (Å²) in [4.78, 5) is 22.4. The second-order valence-corrected chi connectivity index (χ2v) is 7.04. The second-order valence-electron chi connectivity index (χ2n) is 7.04. The average Bonchev–Trinajstić information content (AvgIpc) is 2.47.